The molecule has 5 heteroatoms. The van der Waals surface area contributed by atoms with Crippen molar-refractivity contribution in [3.05, 3.63) is 0 Å². The van der Waals surface area contributed by atoms with Crippen LogP contribution in [0, 0.1) is 11.8 Å². The minimum atomic E-state index is -0.712. The largest absolute Gasteiger partial charge is 0.449 e. The van der Waals surface area contributed by atoms with E-state index in [1.165, 1.54) is 0 Å². The number of primary amides is 1. The number of carbonyl (C=O) groups is 2. The second-order valence-electron chi connectivity index (χ2n) is 4.67. The lowest BCUT2D eigenvalue weighted by Gasteiger charge is -2.31. The standard InChI is InChI=1S/C11H18N2O3/c12-11(15)16-7-8-3-5-13(6-4-8)10(14)9-1-2-9/h8-9H,1-7H2,(H2,12,15). The first-order chi connectivity index (χ1) is 7.66. The normalized spacial score (nSPS) is 21.9. The van der Waals surface area contributed by atoms with Gasteiger partial charge in [0.25, 0.3) is 0 Å². The molecule has 0 aromatic rings. The lowest BCUT2D eigenvalue weighted by atomic mass is 9.97. The first-order valence-electron chi connectivity index (χ1n) is 5.88. The van der Waals surface area contributed by atoms with Gasteiger partial charge in [0.05, 0.1) is 6.61 Å². The van der Waals surface area contributed by atoms with E-state index in [1.54, 1.807) is 0 Å². The van der Waals surface area contributed by atoms with Crippen molar-refractivity contribution in [1.82, 2.24) is 4.90 Å². The summed E-state index contributed by atoms with van der Waals surface area (Å²) in [7, 11) is 0. The second-order valence-corrected chi connectivity index (χ2v) is 4.67. The molecule has 90 valence electrons. The zero-order valence-electron chi connectivity index (χ0n) is 9.35. The molecule has 1 saturated heterocycles. The number of nitrogens with two attached hydrogens (primary N) is 1. The maximum Gasteiger partial charge on any atom is 0.404 e. The zero-order valence-corrected chi connectivity index (χ0v) is 9.35. The van der Waals surface area contributed by atoms with E-state index in [-0.39, 0.29) is 0 Å². The van der Waals surface area contributed by atoms with E-state index in [0.717, 1.165) is 38.8 Å². The summed E-state index contributed by atoms with van der Waals surface area (Å²) in [5.41, 5.74) is 4.91. The predicted molar refractivity (Wildman–Crippen MR) is 57.6 cm³/mol. The molecule has 16 heavy (non-hydrogen) atoms. The second kappa shape index (κ2) is 4.72. The van der Waals surface area contributed by atoms with Crippen LogP contribution < -0.4 is 5.73 Å². The van der Waals surface area contributed by atoms with Crippen LogP contribution in [0.1, 0.15) is 25.7 Å². The third kappa shape index (κ3) is 2.87. The molecule has 1 aliphatic heterocycles. The smallest absolute Gasteiger partial charge is 0.404 e. The summed E-state index contributed by atoms with van der Waals surface area (Å²) < 4.78 is 4.77. The number of piperidine rings is 1. The fraction of sp³-hybridized carbons (Fsp3) is 0.818. The van der Waals surface area contributed by atoms with Crippen LogP contribution in [0.15, 0.2) is 0 Å². The summed E-state index contributed by atoms with van der Waals surface area (Å²) in [6, 6.07) is 0. The molecule has 2 N–H and O–H groups in total. The maximum absolute atomic E-state index is 11.8. The van der Waals surface area contributed by atoms with Gasteiger partial charge in [-0.15, -0.1) is 0 Å². The number of carbonyl (C=O) groups excluding carboxylic acids is 2. The third-order valence-electron chi connectivity index (χ3n) is 3.31. The van der Waals surface area contributed by atoms with Crippen LogP contribution >= 0.6 is 0 Å². The highest BCUT2D eigenvalue weighted by atomic mass is 16.5. The van der Waals surface area contributed by atoms with E-state index in [4.69, 9.17) is 10.5 Å². The molecular formula is C11H18N2O3. The van der Waals surface area contributed by atoms with Gasteiger partial charge in [-0.1, -0.05) is 0 Å². The van der Waals surface area contributed by atoms with Gasteiger partial charge in [-0.25, -0.2) is 4.79 Å². The lowest BCUT2D eigenvalue weighted by molar-refractivity contribution is -0.134. The van der Waals surface area contributed by atoms with Crippen LogP contribution in [-0.4, -0.2) is 36.6 Å². The van der Waals surface area contributed by atoms with Crippen molar-refractivity contribution in [2.24, 2.45) is 17.6 Å². The van der Waals surface area contributed by atoms with Crippen LogP contribution in [0.25, 0.3) is 0 Å². The van der Waals surface area contributed by atoms with Gasteiger partial charge in [-0.3, -0.25) is 4.79 Å². The summed E-state index contributed by atoms with van der Waals surface area (Å²) in [5, 5.41) is 0. The third-order valence-corrected chi connectivity index (χ3v) is 3.31. The van der Waals surface area contributed by atoms with Gasteiger partial charge < -0.3 is 15.4 Å². The molecule has 2 aliphatic rings. The van der Waals surface area contributed by atoms with Crippen molar-refractivity contribution in [3.8, 4) is 0 Å². The molecule has 0 bridgehead atoms. The zero-order chi connectivity index (χ0) is 11.5. The van der Waals surface area contributed by atoms with Gasteiger partial charge in [0, 0.05) is 19.0 Å². The van der Waals surface area contributed by atoms with E-state index in [9.17, 15) is 9.59 Å². The first kappa shape index (κ1) is 11.2. The first-order valence-corrected chi connectivity index (χ1v) is 5.88. The molecule has 0 radical (unpaired) electrons. The summed E-state index contributed by atoms with van der Waals surface area (Å²) in [6.45, 7) is 1.98. The Kier molecular flexibility index (Phi) is 3.31. The Hall–Kier alpha value is -1.26. The van der Waals surface area contributed by atoms with Crippen LogP contribution in [-0.2, 0) is 9.53 Å². The average Bonchev–Trinajstić information content (AvgIpc) is 3.10. The van der Waals surface area contributed by atoms with Crippen molar-refractivity contribution in [2.75, 3.05) is 19.7 Å². The molecule has 0 aromatic heterocycles. The number of amides is 2. The Morgan fingerprint density at radius 2 is 1.81 bits per heavy atom. The van der Waals surface area contributed by atoms with Gasteiger partial charge >= 0.3 is 6.09 Å². The summed E-state index contributed by atoms with van der Waals surface area (Å²) in [5.74, 6) is 0.975. The van der Waals surface area contributed by atoms with E-state index >= 15 is 0 Å². The number of hydrogen-bond donors (Lipinski definition) is 1. The number of nitrogens with zero attached hydrogens (tertiary/aromatic N) is 1. The Morgan fingerprint density at radius 3 is 2.31 bits per heavy atom. The average molecular weight is 226 g/mol. The highest BCUT2D eigenvalue weighted by molar-refractivity contribution is 5.81. The molecule has 0 atom stereocenters. The van der Waals surface area contributed by atoms with Crippen molar-refractivity contribution in [1.29, 1.82) is 0 Å². The number of likely N-dealkylation sites (tertiary alicyclic amines) is 1. The fourth-order valence-corrected chi connectivity index (χ4v) is 2.11. The van der Waals surface area contributed by atoms with Crippen LogP contribution in [0.5, 0.6) is 0 Å². The van der Waals surface area contributed by atoms with Crippen LogP contribution in [0.2, 0.25) is 0 Å². The Balaban J connectivity index is 1.69. The SMILES string of the molecule is NC(=O)OCC1CCN(C(=O)C2CC2)CC1. The van der Waals surface area contributed by atoms with E-state index in [2.05, 4.69) is 0 Å². The number of rotatable bonds is 3. The topological polar surface area (TPSA) is 72.6 Å². The molecule has 1 heterocycles. The Labute approximate surface area is 94.9 Å². The molecule has 0 unspecified atom stereocenters. The van der Waals surface area contributed by atoms with E-state index < -0.39 is 6.09 Å². The van der Waals surface area contributed by atoms with Crippen molar-refractivity contribution in [2.45, 2.75) is 25.7 Å². The molecule has 1 aliphatic carbocycles. The lowest BCUT2D eigenvalue weighted by Crippen LogP contribution is -2.40. The molecule has 1 saturated carbocycles. The maximum atomic E-state index is 11.8. The highest BCUT2D eigenvalue weighted by Crippen LogP contribution is 2.32. The summed E-state index contributed by atoms with van der Waals surface area (Å²) >= 11 is 0. The van der Waals surface area contributed by atoms with Crippen molar-refractivity contribution < 1.29 is 14.3 Å². The van der Waals surface area contributed by atoms with E-state index in [0.29, 0.717) is 24.3 Å². The van der Waals surface area contributed by atoms with Gasteiger partial charge in [-0.2, -0.15) is 0 Å². The molecule has 0 spiro atoms. The minimum Gasteiger partial charge on any atom is -0.449 e. The molecule has 2 amide bonds. The van der Waals surface area contributed by atoms with Gasteiger partial charge in [0.15, 0.2) is 0 Å². The monoisotopic (exact) mass is 226 g/mol. The van der Waals surface area contributed by atoms with Crippen LogP contribution in [0.4, 0.5) is 4.79 Å². The quantitative estimate of drug-likeness (QED) is 0.771. The highest BCUT2D eigenvalue weighted by Gasteiger charge is 2.34. The van der Waals surface area contributed by atoms with Crippen molar-refractivity contribution >= 4 is 12.0 Å². The Morgan fingerprint density at radius 1 is 1.19 bits per heavy atom. The van der Waals surface area contributed by atoms with Gasteiger partial charge in [-0.05, 0) is 31.6 Å². The molecular weight excluding hydrogens is 208 g/mol. The van der Waals surface area contributed by atoms with Gasteiger partial charge in [0.1, 0.15) is 0 Å². The molecule has 0 aromatic carbocycles. The van der Waals surface area contributed by atoms with Gasteiger partial charge in [0.2, 0.25) is 5.91 Å². The van der Waals surface area contributed by atoms with Crippen LogP contribution in [0.3, 0.4) is 0 Å². The predicted octanol–water partition coefficient (Wildman–Crippen LogP) is 0.730. The Bertz CT molecular complexity index is 281. The molecule has 5 nitrogen and oxygen atoms in total. The molecule has 2 fully saturated rings. The fourth-order valence-electron chi connectivity index (χ4n) is 2.11. The van der Waals surface area contributed by atoms with Crippen molar-refractivity contribution in [3.63, 3.8) is 0 Å². The molecule has 2 rings (SSSR count). The van der Waals surface area contributed by atoms with E-state index in [1.807, 2.05) is 4.90 Å². The number of hydrogen-bond acceptors (Lipinski definition) is 3. The minimum absolute atomic E-state index is 0.304. The number of ether oxygens (including phenoxy) is 1. The summed E-state index contributed by atoms with van der Waals surface area (Å²) in [4.78, 5) is 24.1. The summed E-state index contributed by atoms with van der Waals surface area (Å²) in [6.07, 6.45) is 3.22.